The van der Waals surface area contributed by atoms with Crippen molar-refractivity contribution in [3.8, 4) is 11.3 Å². The van der Waals surface area contributed by atoms with E-state index in [1.807, 2.05) is 30.3 Å². The first-order valence-corrected chi connectivity index (χ1v) is 5.12. The number of aliphatic hydroxyl groups is 1. The minimum absolute atomic E-state index is 0.672. The molecular formula is C13H14N2O. The van der Waals surface area contributed by atoms with Gasteiger partial charge in [-0.15, -0.1) is 0 Å². The summed E-state index contributed by atoms with van der Waals surface area (Å²) in [6, 6.07) is 9.80. The zero-order valence-corrected chi connectivity index (χ0v) is 9.14. The highest BCUT2D eigenvalue weighted by Gasteiger charge is 2.15. The smallest absolute Gasteiger partial charge is 0.103 e. The maximum absolute atomic E-state index is 9.97. The van der Waals surface area contributed by atoms with E-state index in [1.165, 1.54) is 0 Å². The Labute approximate surface area is 94.5 Å². The van der Waals surface area contributed by atoms with E-state index < -0.39 is 6.10 Å². The summed E-state index contributed by atoms with van der Waals surface area (Å²) in [5.41, 5.74) is 3.32. The van der Waals surface area contributed by atoms with E-state index in [0.717, 1.165) is 16.8 Å². The fourth-order valence-electron chi connectivity index (χ4n) is 1.60. The molecule has 2 N–H and O–H groups in total. The van der Waals surface area contributed by atoms with Crippen molar-refractivity contribution in [2.45, 2.75) is 13.0 Å². The predicted molar refractivity (Wildman–Crippen MR) is 63.8 cm³/mol. The molecule has 1 unspecified atom stereocenters. The maximum Gasteiger partial charge on any atom is 0.103 e. The summed E-state index contributed by atoms with van der Waals surface area (Å²) in [6.45, 7) is 5.55. The van der Waals surface area contributed by atoms with Crippen molar-refractivity contribution < 1.29 is 5.11 Å². The second-order valence-electron chi connectivity index (χ2n) is 3.82. The average molecular weight is 214 g/mol. The lowest BCUT2D eigenvalue weighted by Crippen LogP contribution is -1.98. The largest absolute Gasteiger partial charge is 0.384 e. The van der Waals surface area contributed by atoms with Gasteiger partial charge in [-0.1, -0.05) is 36.9 Å². The van der Waals surface area contributed by atoms with Gasteiger partial charge in [0, 0.05) is 5.56 Å². The molecule has 1 heterocycles. The lowest BCUT2D eigenvalue weighted by molar-refractivity contribution is 0.217. The van der Waals surface area contributed by atoms with Crippen LogP contribution in [0.3, 0.4) is 0 Å². The van der Waals surface area contributed by atoms with Crippen LogP contribution in [0.25, 0.3) is 11.3 Å². The lowest BCUT2D eigenvalue weighted by Gasteiger charge is -2.10. The average Bonchev–Trinajstić information content (AvgIpc) is 2.77. The Morgan fingerprint density at radius 3 is 2.69 bits per heavy atom. The standard InChI is InChI=1S/C13H14N2O/c1-9(2)13(16)11-8-14-15-12(11)10-6-4-3-5-7-10/h3-8,13,16H,1H2,2H3,(H,14,15). The Bertz CT molecular complexity index is 488. The molecule has 2 aromatic rings. The molecule has 0 amide bonds. The van der Waals surface area contributed by atoms with Gasteiger partial charge in [-0.3, -0.25) is 5.10 Å². The van der Waals surface area contributed by atoms with Gasteiger partial charge in [-0.25, -0.2) is 0 Å². The fourth-order valence-corrected chi connectivity index (χ4v) is 1.60. The van der Waals surface area contributed by atoms with Crippen LogP contribution in [0.15, 0.2) is 48.7 Å². The van der Waals surface area contributed by atoms with Crippen molar-refractivity contribution in [3.05, 3.63) is 54.2 Å². The van der Waals surface area contributed by atoms with Gasteiger partial charge in [-0.05, 0) is 18.1 Å². The molecule has 0 saturated heterocycles. The number of nitrogens with one attached hydrogen (secondary N) is 1. The predicted octanol–water partition coefficient (Wildman–Crippen LogP) is 2.69. The van der Waals surface area contributed by atoms with Crippen molar-refractivity contribution in [2.75, 3.05) is 0 Å². The van der Waals surface area contributed by atoms with E-state index in [4.69, 9.17) is 0 Å². The van der Waals surface area contributed by atoms with Crippen molar-refractivity contribution in [3.63, 3.8) is 0 Å². The van der Waals surface area contributed by atoms with Crippen LogP contribution in [0, 0.1) is 0 Å². The summed E-state index contributed by atoms with van der Waals surface area (Å²) < 4.78 is 0. The molecule has 1 aromatic heterocycles. The van der Waals surface area contributed by atoms with Gasteiger partial charge in [0.2, 0.25) is 0 Å². The summed E-state index contributed by atoms with van der Waals surface area (Å²) >= 11 is 0. The molecular weight excluding hydrogens is 200 g/mol. The third kappa shape index (κ3) is 1.90. The SMILES string of the molecule is C=C(C)C(O)c1cn[nH]c1-c1ccccc1. The summed E-state index contributed by atoms with van der Waals surface area (Å²) in [7, 11) is 0. The Balaban J connectivity index is 2.44. The molecule has 82 valence electrons. The van der Waals surface area contributed by atoms with E-state index in [-0.39, 0.29) is 0 Å². The molecule has 0 saturated carbocycles. The molecule has 0 fully saturated rings. The van der Waals surface area contributed by atoms with E-state index in [9.17, 15) is 5.11 Å². The summed E-state index contributed by atoms with van der Waals surface area (Å²) in [6.07, 6.45) is 0.968. The maximum atomic E-state index is 9.97. The molecule has 2 rings (SSSR count). The number of aromatic nitrogens is 2. The highest BCUT2D eigenvalue weighted by molar-refractivity contribution is 5.63. The number of benzene rings is 1. The van der Waals surface area contributed by atoms with Gasteiger partial charge in [0.25, 0.3) is 0 Å². The van der Waals surface area contributed by atoms with E-state index >= 15 is 0 Å². The Hall–Kier alpha value is -1.87. The Kier molecular flexibility index (Phi) is 2.88. The number of aliphatic hydroxyl groups excluding tert-OH is 1. The summed E-state index contributed by atoms with van der Waals surface area (Å²) in [5, 5.41) is 16.9. The highest BCUT2D eigenvalue weighted by atomic mass is 16.3. The molecule has 0 aliphatic carbocycles. The molecule has 1 atom stereocenters. The van der Waals surface area contributed by atoms with Crippen LogP contribution in [-0.2, 0) is 0 Å². The second-order valence-corrected chi connectivity index (χ2v) is 3.82. The number of H-pyrrole nitrogens is 1. The van der Waals surface area contributed by atoms with Gasteiger partial charge < -0.3 is 5.11 Å². The Morgan fingerprint density at radius 1 is 1.38 bits per heavy atom. The molecule has 0 spiro atoms. The Morgan fingerprint density at radius 2 is 2.06 bits per heavy atom. The van der Waals surface area contributed by atoms with E-state index in [2.05, 4.69) is 16.8 Å². The normalized spacial score (nSPS) is 12.4. The van der Waals surface area contributed by atoms with Crippen molar-refractivity contribution in [1.29, 1.82) is 0 Å². The van der Waals surface area contributed by atoms with Crippen LogP contribution in [-0.4, -0.2) is 15.3 Å². The number of nitrogens with zero attached hydrogens (tertiary/aromatic N) is 1. The molecule has 0 aliphatic heterocycles. The van der Waals surface area contributed by atoms with Crippen LogP contribution in [0.5, 0.6) is 0 Å². The lowest BCUT2D eigenvalue weighted by atomic mass is 10.0. The third-order valence-corrected chi connectivity index (χ3v) is 2.49. The third-order valence-electron chi connectivity index (χ3n) is 2.49. The molecule has 1 aromatic carbocycles. The monoisotopic (exact) mass is 214 g/mol. The fraction of sp³-hybridized carbons (Fsp3) is 0.154. The number of hydrogen-bond acceptors (Lipinski definition) is 2. The second kappa shape index (κ2) is 4.33. The van der Waals surface area contributed by atoms with E-state index in [1.54, 1.807) is 13.1 Å². The van der Waals surface area contributed by atoms with Crippen LogP contribution in [0.2, 0.25) is 0 Å². The number of aromatic amines is 1. The molecule has 0 bridgehead atoms. The molecule has 16 heavy (non-hydrogen) atoms. The van der Waals surface area contributed by atoms with Gasteiger partial charge in [0.05, 0.1) is 11.9 Å². The topological polar surface area (TPSA) is 48.9 Å². The van der Waals surface area contributed by atoms with Crippen LogP contribution >= 0.6 is 0 Å². The minimum atomic E-state index is -0.672. The molecule has 3 heteroatoms. The van der Waals surface area contributed by atoms with Crippen LogP contribution in [0.4, 0.5) is 0 Å². The van der Waals surface area contributed by atoms with Crippen molar-refractivity contribution in [2.24, 2.45) is 0 Å². The van der Waals surface area contributed by atoms with Gasteiger partial charge in [-0.2, -0.15) is 5.10 Å². The number of hydrogen-bond donors (Lipinski definition) is 2. The molecule has 0 aliphatic rings. The zero-order chi connectivity index (χ0) is 11.5. The van der Waals surface area contributed by atoms with E-state index in [0.29, 0.717) is 5.57 Å². The first-order valence-electron chi connectivity index (χ1n) is 5.12. The van der Waals surface area contributed by atoms with Crippen LogP contribution < -0.4 is 0 Å². The van der Waals surface area contributed by atoms with Crippen LogP contribution in [0.1, 0.15) is 18.6 Å². The highest BCUT2D eigenvalue weighted by Crippen LogP contribution is 2.28. The van der Waals surface area contributed by atoms with Crippen molar-refractivity contribution in [1.82, 2.24) is 10.2 Å². The quantitative estimate of drug-likeness (QED) is 0.772. The molecule has 0 radical (unpaired) electrons. The van der Waals surface area contributed by atoms with Gasteiger partial charge in [0.1, 0.15) is 6.10 Å². The minimum Gasteiger partial charge on any atom is -0.384 e. The first kappa shape index (κ1) is 10.6. The molecule has 3 nitrogen and oxygen atoms in total. The summed E-state index contributed by atoms with van der Waals surface area (Å²) in [5.74, 6) is 0. The zero-order valence-electron chi connectivity index (χ0n) is 9.14. The van der Waals surface area contributed by atoms with Crippen molar-refractivity contribution >= 4 is 0 Å². The number of rotatable bonds is 3. The summed E-state index contributed by atoms with van der Waals surface area (Å²) in [4.78, 5) is 0. The first-order chi connectivity index (χ1) is 7.70. The van der Waals surface area contributed by atoms with Gasteiger partial charge in [0.15, 0.2) is 0 Å². The van der Waals surface area contributed by atoms with Gasteiger partial charge >= 0.3 is 0 Å².